The van der Waals surface area contributed by atoms with Crippen LogP contribution in [0.5, 0.6) is 0 Å². The Hall–Kier alpha value is -1.80. The number of nitrogens with zero attached hydrogens (tertiary/aromatic N) is 2. The lowest BCUT2D eigenvalue weighted by atomic mass is 9.82. The van der Waals surface area contributed by atoms with Gasteiger partial charge in [-0.15, -0.1) is 0 Å². The van der Waals surface area contributed by atoms with Crippen LogP contribution < -0.4 is 0 Å². The minimum absolute atomic E-state index is 0.190. The molecule has 0 radical (unpaired) electrons. The third-order valence-corrected chi connectivity index (χ3v) is 2.77. The summed E-state index contributed by atoms with van der Waals surface area (Å²) in [7, 11) is 0. The summed E-state index contributed by atoms with van der Waals surface area (Å²) in [5.41, 5.74) is 1.12. The molecule has 1 rings (SSSR count). The second kappa shape index (κ2) is 5.93. The van der Waals surface area contributed by atoms with E-state index < -0.39 is 0 Å². The predicted octanol–water partition coefficient (Wildman–Crippen LogP) is 3.16. The first kappa shape index (κ1) is 12.3. The third-order valence-electron chi connectivity index (χ3n) is 2.77. The van der Waals surface area contributed by atoms with E-state index in [2.05, 4.69) is 12.1 Å². The molecule has 1 aromatic carbocycles. The molecule has 82 valence electrons. The van der Waals surface area contributed by atoms with E-state index in [0.29, 0.717) is 6.42 Å². The van der Waals surface area contributed by atoms with Gasteiger partial charge in [0.2, 0.25) is 0 Å². The minimum atomic E-state index is -0.215. The highest BCUT2D eigenvalue weighted by Gasteiger charge is 2.24. The van der Waals surface area contributed by atoms with Gasteiger partial charge < -0.3 is 0 Å². The Labute approximate surface area is 97.1 Å². The van der Waals surface area contributed by atoms with E-state index in [0.717, 1.165) is 5.56 Å². The number of benzene rings is 1. The second-order valence-electron chi connectivity index (χ2n) is 4.32. The molecule has 0 heterocycles. The predicted molar refractivity (Wildman–Crippen MR) is 63.2 cm³/mol. The van der Waals surface area contributed by atoms with Gasteiger partial charge in [0.05, 0.1) is 24.0 Å². The number of hydrogen-bond acceptors (Lipinski definition) is 2. The molecule has 2 unspecified atom stereocenters. The van der Waals surface area contributed by atoms with Crippen molar-refractivity contribution in [3.8, 4) is 12.1 Å². The highest BCUT2D eigenvalue weighted by atomic mass is 14.4. The van der Waals surface area contributed by atoms with Gasteiger partial charge in [-0.2, -0.15) is 10.5 Å². The zero-order valence-corrected chi connectivity index (χ0v) is 9.72. The van der Waals surface area contributed by atoms with Crippen molar-refractivity contribution in [2.45, 2.75) is 20.3 Å². The van der Waals surface area contributed by atoms with Crippen LogP contribution in [0.2, 0.25) is 0 Å². The fourth-order valence-corrected chi connectivity index (χ4v) is 1.82. The maximum absolute atomic E-state index is 9.14. The SMILES string of the molecule is CC(C)C(C#N)C(C#N)Cc1ccccc1. The molecular weight excluding hydrogens is 196 g/mol. The molecule has 0 aliphatic heterocycles. The molecule has 0 aliphatic rings. The van der Waals surface area contributed by atoms with Crippen LogP contribution in [0.4, 0.5) is 0 Å². The summed E-state index contributed by atoms with van der Waals surface area (Å²) in [5.74, 6) is -0.184. The van der Waals surface area contributed by atoms with Crippen LogP contribution in [0, 0.1) is 40.4 Å². The molecule has 0 fully saturated rings. The maximum Gasteiger partial charge on any atom is 0.0673 e. The quantitative estimate of drug-likeness (QED) is 0.769. The summed E-state index contributed by atoms with van der Waals surface area (Å²) >= 11 is 0. The molecule has 0 N–H and O–H groups in total. The van der Waals surface area contributed by atoms with Crippen LogP contribution in [-0.4, -0.2) is 0 Å². The van der Waals surface area contributed by atoms with Crippen molar-refractivity contribution >= 4 is 0 Å². The maximum atomic E-state index is 9.14. The fourth-order valence-electron chi connectivity index (χ4n) is 1.82. The summed E-state index contributed by atoms with van der Waals surface area (Å²) in [5, 5.41) is 18.2. The van der Waals surface area contributed by atoms with Crippen LogP contribution >= 0.6 is 0 Å². The van der Waals surface area contributed by atoms with Gasteiger partial charge in [0, 0.05) is 0 Å². The Morgan fingerprint density at radius 1 is 1.06 bits per heavy atom. The lowest BCUT2D eigenvalue weighted by Crippen LogP contribution is -2.19. The van der Waals surface area contributed by atoms with Crippen LogP contribution in [0.1, 0.15) is 19.4 Å². The van der Waals surface area contributed by atoms with Crippen LogP contribution in [0.25, 0.3) is 0 Å². The first-order chi connectivity index (χ1) is 7.69. The molecule has 2 atom stereocenters. The van der Waals surface area contributed by atoms with Gasteiger partial charge in [-0.25, -0.2) is 0 Å². The Morgan fingerprint density at radius 2 is 1.69 bits per heavy atom. The van der Waals surface area contributed by atoms with E-state index in [1.807, 2.05) is 44.2 Å². The van der Waals surface area contributed by atoms with E-state index >= 15 is 0 Å². The van der Waals surface area contributed by atoms with Crippen LogP contribution in [0.3, 0.4) is 0 Å². The Kier molecular flexibility index (Phi) is 4.55. The fraction of sp³-hybridized carbons (Fsp3) is 0.429. The van der Waals surface area contributed by atoms with Crippen molar-refractivity contribution < 1.29 is 0 Å². The molecule has 16 heavy (non-hydrogen) atoms. The van der Waals surface area contributed by atoms with Crippen molar-refractivity contribution in [3.05, 3.63) is 35.9 Å². The molecule has 0 aliphatic carbocycles. The van der Waals surface area contributed by atoms with Gasteiger partial charge in [-0.3, -0.25) is 0 Å². The molecule has 0 saturated carbocycles. The summed E-state index contributed by atoms with van der Waals surface area (Å²) in [4.78, 5) is 0. The topological polar surface area (TPSA) is 47.6 Å². The summed E-state index contributed by atoms with van der Waals surface area (Å²) in [6.07, 6.45) is 0.660. The molecule has 0 saturated heterocycles. The van der Waals surface area contributed by atoms with Gasteiger partial charge in [0.25, 0.3) is 0 Å². The normalized spacial score (nSPS) is 13.8. The van der Waals surface area contributed by atoms with E-state index in [1.54, 1.807) is 0 Å². The van der Waals surface area contributed by atoms with Crippen LogP contribution in [0.15, 0.2) is 30.3 Å². The molecular formula is C14H16N2. The Bertz CT molecular complexity index is 395. The summed E-state index contributed by atoms with van der Waals surface area (Å²) in [6.45, 7) is 3.98. The lowest BCUT2D eigenvalue weighted by Gasteiger charge is -2.18. The molecule has 2 heteroatoms. The lowest BCUT2D eigenvalue weighted by molar-refractivity contribution is 0.378. The van der Waals surface area contributed by atoms with Crippen molar-refractivity contribution in [3.63, 3.8) is 0 Å². The van der Waals surface area contributed by atoms with E-state index in [-0.39, 0.29) is 17.8 Å². The molecule has 0 spiro atoms. The monoisotopic (exact) mass is 212 g/mol. The second-order valence-corrected chi connectivity index (χ2v) is 4.32. The Balaban J connectivity index is 2.78. The highest BCUT2D eigenvalue weighted by Crippen LogP contribution is 2.23. The van der Waals surface area contributed by atoms with Gasteiger partial charge in [0.15, 0.2) is 0 Å². The average Bonchev–Trinajstić information content (AvgIpc) is 2.29. The van der Waals surface area contributed by atoms with Crippen molar-refractivity contribution in [1.29, 1.82) is 10.5 Å². The zero-order valence-electron chi connectivity index (χ0n) is 9.72. The number of rotatable bonds is 4. The van der Waals surface area contributed by atoms with E-state index in [9.17, 15) is 0 Å². The average molecular weight is 212 g/mol. The Morgan fingerprint density at radius 3 is 2.12 bits per heavy atom. The zero-order chi connectivity index (χ0) is 12.0. The number of nitriles is 2. The van der Waals surface area contributed by atoms with Crippen molar-refractivity contribution in [2.24, 2.45) is 17.8 Å². The highest BCUT2D eigenvalue weighted by molar-refractivity contribution is 5.18. The minimum Gasteiger partial charge on any atom is -0.198 e. The van der Waals surface area contributed by atoms with Gasteiger partial charge >= 0.3 is 0 Å². The molecule has 2 nitrogen and oxygen atoms in total. The molecule has 0 amide bonds. The van der Waals surface area contributed by atoms with Crippen molar-refractivity contribution in [2.75, 3.05) is 0 Å². The van der Waals surface area contributed by atoms with Gasteiger partial charge in [0.1, 0.15) is 0 Å². The van der Waals surface area contributed by atoms with E-state index in [4.69, 9.17) is 10.5 Å². The molecule has 0 aromatic heterocycles. The molecule has 1 aromatic rings. The van der Waals surface area contributed by atoms with Gasteiger partial charge in [-0.05, 0) is 17.9 Å². The smallest absolute Gasteiger partial charge is 0.0673 e. The van der Waals surface area contributed by atoms with Crippen molar-refractivity contribution in [1.82, 2.24) is 0 Å². The largest absolute Gasteiger partial charge is 0.198 e. The molecule has 0 bridgehead atoms. The van der Waals surface area contributed by atoms with Crippen LogP contribution in [-0.2, 0) is 6.42 Å². The summed E-state index contributed by atoms with van der Waals surface area (Å²) < 4.78 is 0. The standard InChI is InChI=1S/C14H16N2/c1-11(2)14(10-16)13(9-15)8-12-6-4-3-5-7-12/h3-7,11,13-14H,8H2,1-2H3. The third kappa shape index (κ3) is 3.11. The summed E-state index contributed by atoms with van der Waals surface area (Å²) in [6, 6.07) is 14.4. The van der Waals surface area contributed by atoms with Gasteiger partial charge in [-0.1, -0.05) is 44.2 Å². The number of hydrogen-bond donors (Lipinski definition) is 0. The first-order valence-corrected chi connectivity index (χ1v) is 5.52. The van der Waals surface area contributed by atoms with E-state index in [1.165, 1.54) is 0 Å². The first-order valence-electron chi connectivity index (χ1n) is 5.52.